The maximum absolute atomic E-state index is 15.0. The number of rotatable bonds is 6. The van der Waals surface area contributed by atoms with Gasteiger partial charge in [0.25, 0.3) is 0 Å². The minimum Gasteiger partial charge on any atom is -0.497 e. The minimum atomic E-state index is -1.39. The summed E-state index contributed by atoms with van der Waals surface area (Å²) in [6.07, 6.45) is 3.95. The van der Waals surface area contributed by atoms with Gasteiger partial charge in [-0.1, -0.05) is 54.6 Å². The number of nitrogens with zero attached hydrogens (tertiary/aromatic N) is 1. The van der Waals surface area contributed by atoms with Crippen LogP contribution in [0.15, 0.2) is 90.3 Å². The summed E-state index contributed by atoms with van der Waals surface area (Å²) < 4.78 is 11.1. The van der Waals surface area contributed by atoms with Crippen LogP contribution in [0.1, 0.15) is 31.2 Å². The number of hydrogen-bond donors (Lipinski definition) is 1. The Kier molecular flexibility index (Phi) is 5.83. The van der Waals surface area contributed by atoms with Gasteiger partial charge in [0.05, 0.1) is 36.6 Å². The molecule has 1 fully saturated rings. The number of fused-ring (bicyclic) bond motifs is 6. The number of benzene rings is 3. The number of para-hydroxylation sites is 2. The van der Waals surface area contributed by atoms with E-state index in [9.17, 15) is 9.59 Å². The lowest BCUT2D eigenvalue weighted by atomic mass is 9.64. The van der Waals surface area contributed by atoms with Crippen LogP contribution in [0.2, 0.25) is 0 Å². The lowest BCUT2D eigenvalue weighted by Crippen LogP contribution is -2.51. The molecule has 41 heavy (non-hydrogen) atoms. The Bertz CT molecular complexity index is 1750. The van der Waals surface area contributed by atoms with Crippen LogP contribution in [0.5, 0.6) is 11.5 Å². The van der Waals surface area contributed by atoms with E-state index in [-0.39, 0.29) is 23.0 Å². The van der Waals surface area contributed by atoms with Crippen LogP contribution >= 0.6 is 11.3 Å². The van der Waals surface area contributed by atoms with Crippen molar-refractivity contribution < 1.29 is 23.9 Å². The van der Waals surface area contributed by atoms with Crippen LogP contribution in [0.4, 0.5) is 11.4 Å². The summed E-state index contributed by atoms with van der Waals surface area (Å²) in [7, 11) is 3.02. The van der Waals surface area contributed by atoms with E-state index in [4.69, 9.17) is 9.47 Å². The number of amides is 1. The number of anilines is 2. The van der Waals surface area contributed by atoms with Gasteiger partial charge in [0.1, 0.15) is 23.0 Å². The zero-order valence-corrected chi connectivity index (χ0v) is 23.2. The lowest BCUT2D eigenvalue weighted by molar-refractivity contribution is -0.121. The van der Waals surface area contributed by atoms with Gasteiger partial charge >= 0.3 is 0 Å². The standard InChI is InChI=1S/C33H26N2O5S/c1-39-20-14-15-25(40-2)21(18-20)30(36)28-29(31(37)26-12-7-17-41-26)35-24-11-6-3-8-19(24)13-16-27(35)33(28)22-9-4-5-10-23(22)34-32(33)38/h3-18,27-29H,1-2H3,(H,34,38)/t27-,28+,29-,33-/m1/s1. The first-order valence-electron chi connectivity index (χ1n) is 13.3. The molecule has 0 aliphatic carbocycles. The number of ketones is 2. The van der Waals surface area contributed by atoms with Gasteiger partial charge in [-0.15, -0.1) is 11.3 Å². The number of ether oxygens (including phenoxy) is 2. The van der Waals surface area contributed by atoms with Crippen molar-refractivity contribution in [3.05, 3.63) is 112 Å². The molecule has 1 aromatic heterocycles. The molecular formula is C33H26N2O5S. The molecule has 4 heterocycles. The van der Waals surface area contributed by atoms with Crippen molar-refractivity contribution >= 4 is 46.3 Å². The molecule has 8 heteroatoms. The van der Waals surface area contributed by atoms with Gasteiger partial charge in [0.15, 0.2) is 11.6 Å². The van der Waals surface area contributed by atoms with Gasteiger partial charge in [-0.3, -0.25) is 14.4 Å². The molecule has 0 unspecified atom stereocenters. The Balaban J connectivity index is 1.55. The number of carbonyl (C=O) groups is 3. The fourth-order valence-electron chi connectivity index (χ4n) is 6.86. The number of thiophene rings is 1. The van der Waals surface area contributed by atoms with E-state index in [1.165, 1.54) is 25.6 Å². The molecule has 3 aromatic carbocycles. The predicted molar refractivity (Wildman–Crippen MR) is 158 cm³/mol. The highest BCUT2D eigenvalue weighted by molar-refractivity contribution is 7.12. The highest BCUT2D eigenvalue weighted by atomic mass is 32.1. The molecule has 1 amide bonds. The molecule has 3 aliphatic rings. The van der Waals surface area contributed by atoms with Crippen LogP contribution in [0.3, 0.4) is 0 Å². The van der Waals surface area contributed by atoms with Crippen LogP contribution in [-0.2, 0) is 10.2 Å². The zero-order chi connectivity index (χ0) is 28.3. The first-order chi connectivity index (χ1) is 20.0. The predicted octanol–water partition coefficient (Wildman–Crippen LogP) is 5.62. The van der Waals surface area contributed by atoms with E-state index >= 15 is 4.79 Å². The molecule has 0 bridgehead atoms. The molecule has 204 valence electrons. The third-order valence-electron chi connectivity index (χ3n) is 8.53. The number of hydrogen-bond acceptors (Lipinski definition) is 7. The van der Waals surface area contributed by atoms with Gasteiger partial charge < -0.3 is 19.7 Å². The molecule has 4 aromatic rings. The fraction of sp³-hybridized carbons (Fsp3) is 0.182. The minimum absolute atomic E-state index is 0.204. The maximum atomic E-state index is 15.0. The van der Waals surface area contributed by atoms with Crippen molar-refractivity contribution in [2.24, 2.45) is 5.92 Å². The second-order valence-electron chi connectivity index (χ2n) is 10.3. The molecule has 1 saturated heterocycles. The normalized spacial score (nSPS) is 23.5. The van der Waals surface area contributed by atoms with Crippen molar-refractivity contribution in [3.63, 3.8) is 0 Å². The topological polar surface area (TPSA) is 84.9 Å². The lowest BCUT2D eigenvalue weighted by Gasteiger charge is -2.37. The second kappa shape index (κ2) is 9.45. The van der Waals surface area contributed by atoms with Crippen LogP contribution in [0, 0.1) is 5.92 Å². The Hall–Kier alpha value is -4.69. The molecule has 0 radical (unpaired) electrons. The van der Waals surface area contributed by atoms with Gasteiger partial charge in [0.2, 0.25) is 5.91 Å². The quantitative estimate of drug-likeness (QED) is 0.307. The van der Waals surface area contributed by atoms with Gasteiger partial charge in [-0.2, -0.15) is 0 Å². The molecule has 0 saturated carbocycles. The summed E-state index contributed by atoms with van der Waals surface area (Å²) in [4.78, 5) is 46.5. The van der Waals surface area contributed by atoms with E-state index in [1.807, 2.05) is 77.0 Å². The average molecular weight is 563 g/mol. The van der Waals surface area contributed by atoms with E-state index in [1.54, 1.807) is 24.3 Å². The molecule has 7 rings (SSSR count). The summed E-state index contributed by atoms with van der Waals surface area (Å²) in [5, 5.41) is 4.90. The summed E-state index contributed by atoms with van der Waals surface area (Å²) in [5.41, 5.74) is 1.94. The van der Waals surface area contributed by atoms with E-state index in [0.717, 1.165) is 11.3 Å². The van der Waals surface area contributed by atoms with E-state index < -0.39 is 23.4 Å². The zero-order valence-electron chi connectivity index (χ0n) is 22.4. The Morgan fingerprint density at radius 3 is 2.51 bits per heavy atom. The number of nitrogens with one attached hydrogen (secondary N) is 1. The SMILES string of the molecule is COc1ccc(OC)c(C(=O)[C@@H]2[C@H](C(=O)c3cccs3)N3c4ccccc4C=C[C@@H]3[C@@]23C(=O)Nc2ccccc23)c1. The Morgan fingerprint density at radius 2 is 1.73 bits per heavy atom. The van der Waals surface area contributed by atoms with E-state index in [2.05, 4.69) is 5.32 Å². The molecule has 1 N–H and O–H groups in total. The average Bonchev–Trinajstić information content (AvgIpc) is 3.73. The highest BCUT2D eigenvalue weighted by Gasteiger charge is 2.70. The Labute approximate surface area is 241 Å². The molecule has 7 nitrogen and oxygen atoms in total. The summed E-state index contributed by atoms with van der Waals surface area (Å²) in [6.45, 7) is 0. The number of Topliss-reactive ketones (excluding diaryl/α,β-unsaturated/α-hetero) is 2. The number of methoxy groups -OCH3 is 2. The van der Waals surface area contributed by atoms with Crippen molar-refractivity contribution in [1.29, 1.82) is 0 Å². The van der Waals surface area contributed by atoms with Crippen LogP contribution in [-0.4, -0.2) is 43.8 Å². The molecule has 4 atom stereocenters. The van der Waals surface area contributed by atoms with Gasteiger partial charge in [-0.25, -0.2) is 0 Å². The first-order valence-corrected chi connectivity index (χ1v) is 14.2. The highest BCUT2D eigenvalue weighted by Crippen LogP contribution is 2.58. The first kappa shape index (κ1) is 25.3. The van der Waals surface area contributed by atoms with Crippen molar-refractivity contribution in [3.8, 4) is 11.5 Å². The molecular weight excluding hydrogens is 536 g/mol. The fourth-order valence-corrected chi connectivity index (χ4v) is 7.56. The number of carbonyl (C=O) groups excluding carboxylic acids is 3. The third-order valence-corrected chi connectivity index (χ3v) is 9.41. The molecule has 1 spiro atoms. The van der Waals surface area contributed by atoms with Crippen LogP contribution in [0.25, 0.3) is 6.08 Å². The van der Waals surface area contributed by atoms with E-state index in [0.29, 0.717) is 27.6 Å². The largest absolute Gasteiger partial charge is 0.497 e. The third kappa shape index (κ3) is 3.47. The molecule has 3 aliphatic heterocycles. The van der Waals surface area contributed by atoms with Crippen molar-refractivity contribution in [2.75, 3.05) is 24.4 Å². The van der Waals surface area contributed by atoms with Gasteiger partial charge in [-0.05, 0) is 52.9 Å². The summed E-state index contributed by atoms with van der Waals surface area (Å²) in [5.74, 6) is -1.13. The van der Waals surface area contributed by atoms with Gasteiger partial charge in [0, 0.05) is 11.4 Å². The maximum Gasteiger partial charge on any atom is 0.238 e. The van der Waals surface area contributed by atoms with Crippen LogP contribution < -0.4 is 19.7 Å². The van der Waals surface area contributed by atoms with Crippen molar-refractivity contribution in [1.82, 2.24) is 0 Å². The second-order valence-corrected chi connectivity index (χ2v) is 11.3. The summed E-state index contributed by atoms with van der Waals surface area (Å²) in [6, 6.07) is 22.3. The van der Waals surface area contributed by atoms with Crippen molar-refractivity contribution in [2.45, 2.75) is 17.5 Å². The smallest absolute Gasteiger partial charge is 0.238 e. The summed E-state index contributed by atoms with van der Waals surface area (Å²) >= 11 is 1.33. The Morgan fingerprint density at radius 1 is 0.927 bits per heavy atom. The monoisotopic (exact) mass is 562 g/mol.